The third-order valence-corrected chi connectivity index (χ3v) is 4.79. The molecule has 2 atom stereocenters. The molecule has 0 amide bonds. The molecule has 1 aliphatic rings. The van der Waals surface area contributed by atoms with Gasteiger partial charge in [-0.3, -0.25) is 0 Å². The van der Waals surface area contributed by atoms with Crippen LogP contribution < -0.4 is 4.72 Å². The number of nitrogens with one attached hydrogen (secondary N) is 1. The van der Waals surface area contributed by atoms with Crippen molar-refractivity contribution in [3.8, 4) is 0 Å². The second-order valence-corrected chi connectivity index (χ2v) is 7.94. The van der Waals surface area contributed by atoms with Gasteiger partial charge in [-0.2, -0.15) is 13.2 Å². The number of aryl methyl sites for hydroxylation is 1. The molecular weight excluding hydrogens is 291 g/mol. The van der Waals surface area contributed by atoms with Crippen LogP contribution in [0.1, 0.15) is 56.7 Å². The summed E-state index contributed by atoms with van der Waals surface area (Å²) in [5, 5.41) is 0. The Bertz CT molecular complexity index is 517. The van der Waals surface area contributed by atoms with E-state index in [-0.39, 0.29) is 5.76 Å². The third kappa shape index (κ3) is 3.25. The lowest BCUT2D eigenvalue weighted by Gasteiger charge is -2.26. The molecule has 0 saturated heterocycles. The minimum Gasteiger partial charge on any atom is -0.455 e. The van der Waals surface area contributed by atoms with E-state index in [0.717, 1.165) is 12.5 Å². The van der Waals surface area contributed by atoms with Crippen molar-refractivity contribution in [1.29, 1.82) is 0 Å². The number of furan rings is 1. The van der Waals surface area contributed by atoms with E-state index in [1.54, 1.807) is 0 Å². The van der Waals surface area contributed by atoms with Crippen LogP contribution in [0, 0.1) is 0 Å². The van der Waals surface area contributed by atoms with Crippen LogP contribution in [0.5, 0.6) is 0 Å². The molecule has 0 saturated carbocycles. The first-order valence-corrected chi connectivity index (χ1v) is 7.62. The molecule has 0 aliphatic heterocycles. The van der Waals surface area contributed by atoms with Crippen molar-refractivity contribution in [2.45, 2.75) is 57.0 Å². The van der Waals surface area contributed by atoms with Gasteiger partial charge in [-0.1, -0.05) is 0 Å². The highest BCUT2D eigenvalue weighted by molar-refractivity contribution is 7.84. The molecule has 1 unspecified atom stereocenters. The SMILES string of the molecule is CC(C)(C)[S@@](=O)NC1CCCc2cc(C(F)(F)F)oc21. The highest BCUT2D eigenvalue weighted by atomic mass is 32.2. The van der Waals surface area contributed by atoms with E-state index >= 15 is 0 Å². The Balaban J connectivity index is 2.25. The van der Waals surface area contributed by atoms with Gasteiger partial charge in [0.05, 0.1) is 21.8 Å². The molecular formula is C13H18F3NO2S. The Kier molecular flexibility index (Phi) is 4.03. The number of hydrogen-bond acceptors (Lipinski definition) is 2. The van der Waals surface area contributed by atoms with E-state index in [0.29, 0.717) is 18.4 Å². The van der Waals surface area contributed by atoms with E-state index in [4.69, 9.17) is 4.42 Å². The molecule has 1 N–H and O–H groups in total. The largest absolute Gasteiger partial charge is 0.455 e. The van der Waals surface area contributed by atoms with Crippen LogP contribution in [0.4, 0.5) is 13.2 Å². The zero-order valence-corrected chi connectivity index (χ0v) is 12.5. The molecule has 1 aromatic heterocycles. The molecule has 114 valence electrons. The predicted octanol–water partition coefficient (Wildman–Crippen LogP) is 3.73. The van der Waals surface area contributed by atoms with Gasteiger partial charge in [0.2, 0.25) is 5.76 Å². The van der Waals surface area contributed by atoms with Gasteiger partial charge < -0.3 is 4.42 Å². The fourth-order valence-electron chi connectivity index (χ4n) is 2.12. The average molecular weight is 309 g/mol. The average Bonchev–Trinajstić information content (AvgIpc) is 2.72. The lowest BCUT2D eigenvalue weighted by atomic mass is 9.95. The Morgan fingerprint density at radius 1 is 1.35 bits per heavy atom. The summed E-state index contributed by atoms with van der Waals surface area (Å²) >= 11 is 0. The summed E-state index contributed by atoms with van der Waals surface area (Å²) < 4.78 is 57.5. The number of fused-ring (bicyclic) bond motifs is 1. The molecule has 1 aromatic rings. The first-order valence-electron chi connectivity index (χ1n) is 6.47. The van der Waals surface area contributed by atoms with Crippen LogP contribution in [0.2, 0.25) is 0 Å². The smallest absolute Gasteiger partial charge is 0.449 e. The van der Waals surface area contributed by atoms with Gasteiger partial charge in [0.1, 0.15) is 5.76 Å². The van der Waals surface area contributed by atoms with Crippen molar-refractivity contribution in [3.05, 3.63) is 23.2 Å². The van der Waals surface area contributed by atoms with Crippen molar-refractivity contribution in [2.24, 2.45) is 0 Å². The summed E-state index contributed by atoms with van der Waals surface area (Å²) in [5.74, 6) is -0.695. The van der Waals surface area contributed by atoms with E-state index < -0.39 is 33.7 Å². The normalized spacial score (nSPS) is 21.6. The van der Waals surface area contributed by atoms with Crippen LogP contribution in [0.15, 0.2) is 10.5 Å². The minimum atomic E-state index is -4.48. The van der Waals surface area contributed by atoms with Gasteiger partial charge in [0, 0.05) is 0 Å². The lowest BCUT2D eigenvalue weighted by molar-refractivity contribution is -0.153. The van der Waals surface area contributed by atoms with Crippen molar-refractivity contribution in [3.63, 3.8) is 0 Å². The van der Waals surface area contributed by atoms with Gasteiger partial charge in [0.25, 0.3) is 0 Å². The third-order valence-electron chi connectivity index (χ3n) is 3.18. The van der Waals surface area contributed by atoms with Crippen molar-refractivity contribution in [1.82, 2.24) is 4.72 Å². The van der Waals surface area contributed by atoms with Crippen LogP contribution in [-0.4, -0.2) is 8.96 Å². The molecule has 1 heterocycles. The number of rotatable bonds is 2. The van der Waals surface area contributed by atoms with E-state index in [1.807, 2.05) is 20.8 Å². The van der Waals surface area contributed by atoms with Crippen LogP contribution in [-0.2, 0) is 23.6 Å². The Hall–Kier alpha value is -0.820. The summed E-state index contributed by atoms with van der Waals surface area (Å²) in [5.41, 5.74) is 0.562. The molecule has 0 bridgehead atoms. The maximum atomic E-state index is 12.7. The fraction of sp³-hybridized carbons (Fsp3) is 0.692. The van der Waals surface area contributed by atoms with Crippen LogP contribution >= 0.6 is 0 Å². The van der Waals surface area contributed by atoms with Crippen molar-refractivity contribution in [2.75, 3.05) is 0 Å². The highest BCUT2D eigenvalue weighted by Gasteiger charge is 2.38. The van der Waals surface area contributed by atoms with Gasteiger partial charge in [-0.05, 0) is 51.7 Å². The lowest BCUT2D eigenvalue weighted by Crippen LogP contribution is -2.36. The second-order valence-electron chi connectivity index (χ2n) is 5.94. The zero-order chi connectivity index (χ0) is 15.1. The molecule has 20 heavy (non-hydrogen) atoms. The monoisotopic (exact) mass is 309 g/mol. The summed E-state index contributed by atoms with van der Waals surface area (Å²) in [6.45, 7) is 5.43. The Labute approximate surface area is 118 Å². The van der Waals surface area contributed by atoms with Gasteiger partial charge in [-0.25, -0.2) is 8.93 Å². The van der Waals surface area contributed by atoms with Gasteiger partial charge in [0.15, 0.2) is 0 Å². The van der Waals surface area contributed by atoms with E-state index in [2.05, 4.69) is 4.72 Å². The fourth-order valence-corrected chi connectivity index (χ4v) is 2.96. The quantitative estimate of drug-likeness (QED) is 0.904. The maximum Gasteiger partial charge on any atom is 0.449 e. The molecule has 0 spiro atoms. The topological polar surface area (TPSA) is 42.2 Å². The molecule has 0 radical (unpaired) electrons. The summed E-state index contributed by atoms with van der Waals surface area (Å²) in [4.78, 5) is 0. The summed E-state index contributed by atoms with van der Waals surface area (Å²) in [6, 6.07) is 0.637. The number of halogens is 3. The second kappa shape index (κ2) is 5.18. The van der Waals surface area contributed by atoms with Crippen LogP contribution in [0.25, 0.3) is 0 Å². The molecule has 7 heteroatoms. The van der Waals surface area contributed by atoms with Gasteiger partial charge in [-0.15, -0.1) is 0 Å². The van der Waals surface area contributed by atoms with Crippen LogP contribution in [0.3, 0.4) is 0 Å². The first-order chi connectivity index (χ1) is 9.09. The minimum absolute atomic E-state index is 0.279. The highest BCUT2D eigenvalue weighted by Crippen LogP contribution is 2.38. The van der Waals surface area contributed by atoms with Crippen molar-refractivity contribution >= 4 is 11.0 Å². The predicted molar refractivity (Wildman–Crippen MR) is 70.4 cm³/mol. The Morgan fingerprint density at radius 2 is 2.00 bits per heavy atom. The zero-order valence-electron chi connectivity index (χ0n) is 11.6. The van der Waals surface area contributed by atoms with E-state index in [9.17, 15) is 17.4 Å². The summed E-state index contributed by atoms with van der Waals surface area (Å²) in [7, 11) is -1.35. The molecule has 0 aromatic carbocycles. The Morgan fingerprint density at radius 3 is 2.55 bits per heavy atom. The molecule has 0 fully saturated rings. The molecule has 1 aliphatic carbocycles. The van der Waals surface area contributed by atoms with E-state index in [1.165, 1.54) is 0 Å². The number of alkyl halides is 3. The maximum absolute atomic E-state index is 12.7. The number of hydrogen-bond donors (Lipinski definition) is 1. The summed E-state index contributed by atoms with van der Waals surface area (Å²) in [6.07, 6.45) is -2.54. The first kappa shape index (κ1) is 15.6. The molecule has 2 rings (SSSR count). The van der Waals surface area contributed by atoms with Gasteiger partial charge >= 0.3 is 6.18 Å². The standard InChI is InChI=1S/C13H18F3NO2S/c1-12(2,3)20(18)17-9-6-4-5-8-7-10(13(14,15)16)19-11(8)9/h7,9,17H,4-6H2,1-3H3/t9?,20-/m1/s1. The molecule has 3 nitrogen and oxygen atoms in total. The van der Waals surface area contributed by atoms with Crippen molar-refractivity contribution < 1.29 is 21.8 Å².